The van der Waals surface area contributed by atoms with E-state index in [-0.39, 0.29) is 16.9 Å². The van der Waals surface area contributed by atoms with E-state index in [0.717, 1.165) is 5.39 Å². The Hall–Kier alpha value is -3.41. The highest BCUT2D eigenvalue weighted by Crippen LogP contribution is 2.28. The zero-order valence-electron chi connectivity index (χ0n) is 11.9. The third-order valence-electron chi connectivity index (χ3n) is 3.04. The molecule has 1 aromatic heterocycles. The number of aromatic nitrogens is 1. The molecule has 0 aliphatic carbocycles. The Morgan fingerprint density at radius 2 is 1.61 bits per heavy atom. The molecular formula is C17H13NO5. The summed E-state index contributed by atoms with van der Waals surface area (Å²) in [7, 11) is 0. The van der Waals surface area contributed by atoms with Gasteiger partial charge in [-0.05, 0) is 23.6 Å². The first-order valence-electron chi connectivity index (χ1n) is 6.58. The molecular weight excluding hydrogens is 298 g/mol. The van der Waals surface area contributed by atoms with Crippen LogP contribution >= 0.6 is 0 Å². The second-order valence-electron chi connectivity index (χ2n) is 4.53. The Kier molecular flexibility index (Phi) is 4.89. The van der Waals surface area contributed by atoms with Crippen LogP contribution in [0.25, 0.3) is 10.8 Å². The fourth-order valence-corrected chi connectivity index (χ4v) is 1.92. The van der Waals surface area contributed by atoms with Gasteiger partial charge in [-0.25, -0.2) is 9.59 Å². The average Bonchev–Trinajstić information content (AvgIpc) is 2.56. The van der Waals surface area contributed by atoms with Gasteiger partial charge in [-0.3, -0.25) is 4.98 Å². The first-order valence-corrected chi connectivity index (χ1v) is 6.58. The molecule has 0 unspecified atom stereocenters. The van der Waals surface area contributed by atoms with Crippen LogP contribution in [0.5, 0.6) is 5.75 Å². The summed E-state index contributed by atoms with van der Waals surface area (Å²) < 4.78 is 0. The lowest BCUT2D eigenvalue weighted by molar-refractivity contribution is 0.0684. The number of carboxylic acids is 2. The van der Waals surface area contributed by atoms with Crippen LogP contribution in [0, 0.1) is 0 Å². The van der Waals surface area contributed by atoms with Crippen molar-refractivity contribution < 1.29 is 24.9 Å². The van der Waals surface area contributed by atoms with Crippen LogP contribution in [-0.4, -0.2) is 32.2 Å². The van der Waals surface area contributed by atoms with Crippen LogP contribution in [0.4, 0.5) is 0 Å². The highest BCUT2D eigenvalue weighted by Gasteiger charge is 2.11. The molecule has 0 aliphatic heterocycles. The number of aromatic carboxylic acids is 2. The maximum atomic E-state index is 10.7. The smallest absolute Gasteiger partial charge is 0.339 e. The van der Waals surface area contributed by atoms with Crippen LogP contribution in [0.2, 0.25) is 0 Å². The van der Waals surface area contributed by atoms with Crippen molar-refractivity contribution in [1.29, 1.82) is 0 Å². The molecule has 0 amide bonds. The molecule has 0 atom stereocenters. The second-order valence-corrected chi connectivity index (χ2v) is 4.53. The number of aromatic hydroxyl groups is 1. The molecule has 0 aliphatic rings. The maximum Gasteiger partial charge on any atom is 0.339 e. The molecule has 0 spiro atoms. The van der Waals surface area contributed by atoms with Crippen LogP contribution < -0.4 is 0 Å². The number of phenols is 1. The van der Waals surface area contributed by atoms with Gasteiger partial charge < -0.3 is 15.3 Å². The fraction of sp³-hybridized carbons (Fsp3) is 0. The molecule has 0 radical (unpaired) electrons. The summed E-state index contributed by atoms with van der Waals surface area (Å²) in [6.07, 6.45) is 2.84. The van der Waals surface area contributed by atoms with Gasteiger partial charge in [-0.2, -0.15) is 0 Å². The summed E-state index contributed by atoms with van der Waals surface area (Å²) in [6.45, 7) is 0. The maximum absolute atomic E-state index is 10.7. The fourth-order valence-electron chi connectivity index (χ4n) is 1.92. The van der Waals surface area contributed by atoms with Gasteiger partial charge in [-0.1, -0.05) is 30.3 Å². The van der Waals surface area contributed by atoms with E-state index in [4.69, 9.17) is 10.2 Å². The molecule has 2 aromatic carbocycles. The lowest BCUT2D eigenvalue weighted by atomic mass is 10.1. The summed E-state index contributed by atoms with van der Waals surface area (Å²) in [5, 5.41) is 28.1. The number of carboxylic acid groups (broad SMARTS) is 2. The van der Waals surface area contributed by atoms with Crippen molar-refractivity contribution in [3.8, 4) is 5.75 Å². The van der Waals surface area contributed by atoms with E-state index in [1.54, 1.807) is 24.3 Å². The largest absolute Gasteiger partial charge is 0.506 e. The Labute approximate surface area is 131 Å². The Balaban J connectivity index is 0.000000185. The minimum Gasteiger partial charge on any atom is -0.506 e. The average molecular weight is 311 g/mol. The van der Waals surface area contributed by atoms with E-state index in [2.05, 4.69) is 4.98 Å². The second kappa shape index (κ2) is 7.04. The van der Waals surface area contributed by atoms with E-state index in [0.29, 0.717) is 5.39 Å². The van der Waals surface area contributed by atoms with Crippen molar-refractivity contribution in [2.24, 2.45) is 0 Å². The zero-order valence-corrected chi connectivity index (χ0v) is 11.9. The molecule has 3 N–H and O–H groups in total. The van der Waals surface area contributed by atoms with Gasteiger partial charge >= 0.3 is 11.9 Å². The molecule has 6 heteroatoms. The van der Waals surface area contributed by atoms with Crippen molar-refractivity contribution in [2.45, 2.75) is 0 Å². The molecule has 116 valence electrons. The van der Waals surface area contributed by atoms with Gasteiger partial charge in [-0.15, -0.1) is 0 Å². The molecule has 0 bridgehead atoms. The number of nitrogens with zero attached hydrogens (tertiary/aromatic N) is 1. The normalized spacial score (nSPS) is 9.74. The number of pyridine rings is 1. The zero-order chi connectivity index (χ0) is 16.8. The molecule has 3 aromatic rings. The number of hydrogen-bond donors (Lipinski definition) is 3. The Morgan fingerprint density at radius 3 is 2.17 bits per heavy atom. The third kappa shape index (κ3) is 3.82. The van der Waals surface area contributed by atoms with E-state index in [1.807, 2.05) is 12.1 Å². The van der Waals surface area contributed by atoms with Crippen molar-refractivity contribution in [2.75, 3.05) is 0 Å². The van der Waals surface area contributed by atoms with E-state index in [9.17, 15) is 14.7 Å². The molecule has 0 fully saturated rings. The van der Waals surface area contributed by atoms with Gasteiger partial charge in [0.2, 0.25) is 0 Å². The van der Waals surface area contributed by atoms with Crippen LogP contribution in [0.3, 0.4) is 0 Å². The molecule has 3 rings (SSSR count). The number of hydrogen-bond acceptors (Lipinski definition) is 4. The molecule has 0 saturated carbocycles. The van der Waals surface area contributed by atoms with Crippen molar-refractivity contribution in [3.05, 3.63) is 72.1 Å². The molecule has 1 heterocycles. The standard InChI is InChI=1S/C11H8O3.C6H5NO2/c12-10-8-4-2-1-3-7(8)5-6-9(10)11(13)14;8-6(9)5-2-1-3-7-4-5/h1-6,12H,(H,13,14);1-4H,(H,8,9). The summed E-state index contributed by atoms with van der Waals surface area (Å²) >= 11 is 0. The summed E-state index contributed by atoms with van der Waals surface area (Å²) in [4.78, 5) is 24.5. The highest BCUT2D eigenvalue weighted by atomic mass is 16.4. The summed E-state index contributed by atoms with van der Waals surface area (Å²) in [5.41, 5.74) is 0.154. The predicted molar refractivity (Wildman–Crippen MR) is 83.8 cm³/mol. The number of carbonyl (C=O) groups is 2. The Bertz CT molecular complexity index is 846. The van der Waals surface area contributed by atoms with E-state index in [1.165, 1.54) is 24.5 Å². The predicted octanol–water partition coefficient (Wildman–Crippen LogP) is 3.02. The number of benzene rings is 2. The highest BCUT2D eigenvalue weighted by molar-refractivity contribution is 6.00. The van der Waals surface area contributed by atoms with Gasteiger partial charge in [0.05, 0.1) is 5.56 Å². The molecule has 6 nitrogen and oxygen atoms in total. The van der Waals surface area contributed by atoms with Gasteiger partial charge in [0.15, 0.2) is 0 Å². The van der Waals surface area contributed by atoms with E-state index >= 15 is 0 Å². The first-order chi connectivity index (χ1) is 11.0. The lowest BCUT2D eigenvalue weighted by Gasteiger charge is -2.03. The third-order valence-corrected chi connectivity index (χ3v) is 3.04. The van der Waals surface area contributed by atoms with Crippen LogP contribution in [-0.2, 0) is 0 Å². The van der Waals surface area contributed by atoms with Gasteiger partial charge in [0.25, 0.3) is 0 Å². The summed E-state index contributed by atoms with van der Waals surface area (Å²) in [6, 6.07) is 13.3. The molecule has 23 heavy (non-hydrogen) atoms. The van der Waals surface area contributed by atoms with Crippen molar-refractivity contribution in [3.63, 3.8) is 0 Å². The van der Waals surface area contributed by atoms with Crippen molar-refractivity contribution in [1.82, 2.24) is 4.98 Å². The van der Waals surface area contributed by atoms with Crippen molar-refractivity contribution >= 4 is 22.7 Å². The van der Waals surface area contributed by atoms with Gasteiger partial charge in [0.1, 0.15) is 11.3 Å². The van der Waals surface area contributed by atoms with E-state index < -0.39 is 11.9 Å². The topological polar surface area (TPSA) is 108 Å². The minimum absolute atomic E-state index is 0.0660. The lowest BCUT2D eigenvalue weighted by Crippen LogP contribution is -1.96. The SMILES string of the molecule is O=C(O)c1ccc2ccccc2c1O.O=C(O)c1cccnc1. The quantitative estimate of drug-likeness (QED) is 0.671. The monoisotopic (exact) mass is 311 g/mol. The number of fused-ring (bicyclic) bond motifs is 1. The molecule has 0 saturated heterocycles. The first kappa shape index (κ1) is 16.0. The van der Waals surface area contributed by atoms with Gasteiger partial charge in [0, 0.05) is 17.8 Å². The van der Waals surface area contributed by atoms with Crippen LogP contribution in [0.1, 0.15) is 20.7 Å². The Morgan fingerprint density at radius 1 is 0.870 bits per heavy atom. The number of rotatable bonds is 2. The van der Waals surface area contributed by atoms with Crippen LogP contribution in [0.15, 0.2) is 60.9 Å². The summed E-state index contributed by atoms with van der Waals surface area (Å²) in [5.74, 6) is -2.23. The minimum atomic E-state index is -1.12.